The Labute approximate surface area is 152 Å². The first kappa shape index (κ1) is 20.4. The molecule has 0 aromatic heterocycles. The van der Waals surface area contributed by atoms with E-state index in [-0.39, 0.29) is 24.8 Å². The Bertz CT molecular complexity index is 497. The van der Waals surface area contributed by atoms with E-state index in [9.17, 15) is 0 Å². The van der Waals surface area contributed by atoms with Crippen molar-refractivity contribution in [3.63, 3.8) is 0 Å². The zero-order chi connectivity index (χ0) is 14.8. The summed E-state index contributed by atoms with van der Waals surface area (Å²) in [6.07, 6.45) is 0. The monoisotopic (exact) mass is 360 g/mol. The summed E-state index contributed by atoms with van der Waals surface area (Å²) in [5, 5.41) is 6.97. The van der Waals surface area contributed by atoms with Gasteiger partial charge in [-0.3, -0.25) is 0 Å². The quantitative estimate of drug-likeness (QED) is 0.847. The number of benzene rings is 1. The first-order valence-electron chi connectivity index (χ1n) is 8.21. The summed E-state index contributed by atoms with van der Waals surface area (Å²) in [6.45, 7) is 13.4. The highest BCUT2D eigenvalue weighted by molar-refractivity contribution is 5.85. The molecule has 1 aromatic rings. The summed E-state index contributed by atoms with van der Waals surface area (Å²) in [5.41, 5.74) is 4.16. The van der Waals surface area contributed by atoms with Crippen LogP contribution in [0.5, 0.6) is 0 Å². The van der Waals surface area contributed by atoms with Gasteiger partial charge in [-0.2, -0.15) is 0 Å². The van der Waals surface area contributed by atoms with E-state index in [2.05, 4.69) is 59.4 Å². The van der Waals surface area contributed by atoms with E-state index in [1.165, 1.54) is 16.9 Å². The second-order valence-electron chi connectivity index (χ2n) is 6.52. The van der Waals surface area contributed by atoms with Gasteiger partial charge >= 0.3 is 0 Å². The number of hydrogen-bond acceptors (Lipinski definition) is 4. The van der Waals surface area contributed by atoms with Crippen LogP contribution in [0.2, 0.25) is 0 Å². The third kappa shape index (κ3) is 4.66. The van der Waals surface area contributed by atoms with Crippen molar-refractivity contribution in [1.29, 1.82) is 0 Å². The number of rotatable bonds is 2. The molecule has 0 spiro atoms. The summed E-state index contributed by atoms with van der Waals surface area (Å²) in [6, 6.07) is 8.13. The van der Waals surface area contributed by atoms with Crippen LogP contribution in [-0.4, -0.2) is 51.4 Å². The summed E-state index contributed by atoms with van der Waals surface area (Å²) in [5.74, 6) is 0. The highest BCUT2D eigenvalue weighted by atomic mass is 35.5. The zero-order valence-electron chi connectivity index (χ0n) is 14.3. The number of halogens is 2. The summed E-state index contributed by atoms with van der Waals surface area (Å²) < 4.78 is 0. The van der Waals surface area contributed by atoms with Crippen LogP contribution in [0.25, 0.3) is 0 Å². The fourth-order valence-corrected chi connectivity index (χ4v) is 3.55. The van der Waals surface area contributed by atoms with Gasteiger partial charge in [0.05, 0.1) is 0 Å². The van der Waals surface area contributed by atoms with Crippen LogP contribution < -0.4 is 20.4 Å². The van der Waals surface area contributed by atoms with Crippen molar-refractivity contribution in [1.82, 2.24) is 10.6 Å². The molecule has 132 valence electrons. The molecule has 2 fully saturated rings. The third-order valence-electron chi connectivity index (χ3n) is 4.72. The van der Waals surface area contributed by atoms with Gasteiger partial charge in [0, 0.05) is 62.7 Å². The Morgan fingerprint density at radius 3 is 2.52 bits per heavy atom. The lowest BCUT2D eigenvalue weighted by Gasteiger charge is -2.37. The molecule has 0 amide bonds. The average Bonchev–Trinajstić information content (AvgIpc) is 2.47. The molecule has 23 heavy (non-hydrogen) atoms. The molecular weight excluding hydrogens is 331 g/mol. The lowest BCUT2D eigenvalue weighted by molar-refractivity contribution is 0.484. The fourth-order valence-electron chi connectivity index (χ4n) is 3.55. The standard InChI is InChI=1S/C17H28N4.2ClH/c1-13-10-16(21-9-6-18-11-15(21)3)4-5-17(13)20-8-7-19-14(2)12-20;;/h4-5,10,14-15,18-19H,6-9,11-12H2,1-3H3;2*1H/t14-,15-;;/m0../s1. The van der Waals surface area contributed by atoms with Gasteiger partial charge in [-0.15, -0.1) is 24.8 Å². The molecule has 2 saturated heterocycles. The highest BCUT2D eigenvalue weighted by Gasteiger charge is 2.21. The van der Waals surface area contributed by atoms with Gasteiger partial charge < -0.3 is 20.4 Å². The normalized spacial score (nSPS) is 24.7. The van der Waals surface area contributed by atoms with Gasteiger partial charge in [0.15, 0.2) is 0 Å². The van der Waals surface area contributed by atoms with Gasteiger partial charge in [0.25, 0.3) is 0 Å². The Morgan fingerprint density at radius 2 is 1.87 bits per heavy atom. The Kier molecular flexibility index (Phi) is 7.95. The largest absolute Gasteiger partial charge is 0.368 e. The smallest absolute Gasteiger partial charge is 0.0398 e. The topological polar surface area (TPSA) is 30.5 Å². The molecule has 0 radical (unpaired) electrons. The molecule has 2 N–H and O–H groups in total. The van der Waals surface area contributed by atoms with Gasteiger partial charge in [0.2, 0.25) is 0 Å². The Balaban J connectivity index is 0.00000132. The van der Waals surface area contributed by atoms with E-state index in [4.69, 9.17) is 0 Å². The summed E-state index contributed by atoms with van der Waals surface area (Å²) in [4.78, 5) is 5.04. The minimum absolute atomic E-state index is 0. The first-order valence-corrected chi connectivity index (χ1v) is 8.21. The van der Waals surface area contributed by atoms with Gasteiger partial charge in [-0.1, -0.05) is 0 Å². The Hall–Kier alpha value is -0.680. The van der Waals surface area contributed by atoms with Crippen LogP contribution in [0.1, 0.15) is 19.4 Å². The molecule has 6 heteroatoms. The number of nitrogens with one attached hydrogen (secondary N) is 2. The fraction of sp³-hybridized carbons (Fsp3) is 0.647. The molecule has 0 saturated carbocycles. The molecular formula is C17H30Cl2N4. The molecule has 0 aliphatic carbocycles. The maximum absolute atomic E-state index is 3.51. The molecule has 0 unspecified atom stereocenters. The van der Waals surface area contributed by atoms with Gasteiger partial charge in [-0.05, 0) is 44.5 Å². The van der Waals surface area contributed by atoms with Gasteiger partial charge in [0.1, 0.15) is 0 Å². The van der Waals surface area contributed by atoms with Crippen molar-refractivity contribution in [2.45, 2.75) is 32.9 Å². The van der Waals surface area contributed by atoms with Crippen LogP contribution in [0.4, 0.5) is 11.4 Å². The van der Waals surface area contributed by atoms with E-state index in [0.717, 1.165) is 39.3 Å². The van der Waals surface area contributed by atoms with Crippen LogP contribution in [0.15, 0.2) is 18.2 Å². The minimum Gasteiger partial charge on any atom is -0.368 e. The summed E-state index contributed by atoms with van der Waals surface area (Å²) in [7, 11) is 0. The van der Waals surface area contributed by atoms with E-state index in [0.29, 0.717) is 12.1 Å². The van der Waals surface area contributed by atoms with E-state index < -0.39 is 0 Å². The number of anilines is 2. The van der Waals surface area contributed by atoms with Crippen molar-refractivity contribution in [3.8, 4) is 0 Å². The number of piperazine rings is 2. The van der Waals surface area contributed by atoms with Crippen molar-refractivity contribution in [2.75, 3.05) is 49.1 Å². The van der Waals surface area contributed by atoms with Crippen LogP contribution >= 0.6 is 24.8 Å². The Morgan fingerprint density at radius 1 is 1.09 bits per heavy atom. The third-order valence-corrected chi connectivity index (χ3v) is 4.72. The second-order valence-corrected chi connectivity index (χ2v) is 6.52. The predicted molar refractivity (Wildman–Crippen MR) is 105 cm³/mol. The average molecular weight is 361 g/mol. The maximum Gasteiger partial charge on any atom is 0.0398 e. The molecule has 1 aromatic carbocycles. The SMILES string of the molecule is Cc1cc(N2CCNC[C@@H]2C)ccc1N1CCN[C@@H](C)C1.Cl.Cl. The number of aryl methyl sites for hydroxylation is 1. The second kappa shape index (κ2) is 8.97. The molecule has 2 heterocycles. The molecule has 2 aliphatic heterocycles. The van der Waals surface area contributed by atoms with Gasteiger partial charge in [-0.25, -0.2) is 0 Å². The predicted octanol–water partition coefficient (Wildman–Crippen LogP) is 2.43. The summed E-state index contributed by atoms with van der Waals surface area (Å²) >= 11 is 0. The first-order chi connectivity index (χ1) is 10.1. The molecule has 3 rings (SSSR count). The lowest BCUT2D eigenvalue weighted by atomic mass is 10.1. The van der Waals surface area contributed by atoms with E-state index in [1.807, 2.05) is 0 Å². The van der Waals surface area contributed by atoms with Crippen LogP contribution in [0, 0.1) is 6.92 Å². The van der Waals surface area contributed by atoms with E-state index >= 15 is 0 Å². The maximum atomic E-state index is 3.51. The number of hydrogen-bond donors (Lipinski definition) is 2. The van der Waals surface area contributed by atoms with E-state index in [1.54, 1.807) is 0 Å². The van der Waals surface area contributed by atoms with Crippen molar-refractivity contribution in [2.24, 2.45) is 0 Å². The molecule has 0 bridgehead atoms. The van der Waals surface area contributed by atoms with Crippen molar-refractivity contribution in [3.05, 3.63) is 23.8 Å². The minimum atomic E-state index is 0. The molecule has 2 aliphatic rings. The number of nitrogens with zero attached hydrogens (tertiary/aromatic N) is 2. The molecule has 2 atom stereocenters. The van der Waals surface area contributed by atoms with Crippen LogP contribution in [0.3, 0.4) is 0 Å². The lowest BCUT2D eigenvalue weighted by Crippen LogP contribution is -2.50. The van der Waals surface area contributed by atoms with Crippen molar-refractivity contribution < 1.29 is 0 Å². The molecule has 4 nitrogen and oxygen atoms in total. The van der Waals surface area contributed by atoms with Crippen LogP contribution in [-0.2, 0) is 0 Å². The highest BCUT2D eigenvalue weighted by Crippen LogP contribution is 2.27. The van der Waals surface area contributed by atoms with Crippen molar-refractivity contribution >= 4 is 36.2 Å². The zero-order valence-corrected chi connectivity index (χ0v) is 16.0.